The molecule has 0 fully saturated rings. The summed E-state index contributed by atoms with van der Waals surface area (Å²) in [6.07, 6.45) is 0. The Hall–Kier alpha value is -2.54. The summed E-state index contributed by atoms with van der Waals surface area (Å²) in [5.74, 6) is 0.622. The van der Waals surface area contributed by atoms with Gasteiger partial charge in [-0.2, -0.15) is 0 Å². The molecule has 1 N–H and O–H groups in total. The third-order valence-corrected chi connectivity index (χ3v) is 3.01. The molecule has 1 aromatic carbocycles. The standard InChI is InChI=1S/C14H13ClN2O5/c1-2-16-14(18)13-6-4-10(22-13)8-21-12-5-3-9(17(19)20)7-11(12)15/h3-7H,2,8H2,1H3,(H,16,18). The normalized spacial score (nSPS) is 10.3. The number of benzene rings is 1. The molecule has 0 unspecified atom stereocenters. The van der Waals surface area contributed by atoms with Crippen molar-refractivity contribution in [1.82, 2.24) is 5.32 Å². The van der Waals surface area contributed by atoms with Gasteiger partial charge in [-0.25, -0.2) is 0 Å². The Kier molecular flexibility index (Phi) is 5.00. The van der Waals surface area contributed by atoms with Crippen LogP contribution in [0.15, 0.2) is 34.7 Å². The molecule has 8 heteroatoms. The zero-order chi connectivity index (χ0) is 16.1. The summed E-state index contributed by atoms with van der Waals surface area (Å²) in [6, 6.07) is 7.07. The smallest absolute Gasteiger partial charge is 0.286 e. The molecule has 0 bridgehead atoms. The molecule has 1 heterocycles. The number of carbonyl (C=O) groups is 1. The predicted octanol–water partition coefficient (Wildman–Crippen LogP) is 3.17. The van der Waals surface area contributed by atoms with Crippen molar-refractivity contribution in [3.63, 3.8) is 0 Å². The fourth-order valence-electron chi connectivity index (χ4n) is 1.69. The van der Waals surface area contributed by atoms with Crippen LogP contribution in [0.25, 0.3) is 0 Å². The predicted molar refractivity (Wildman–Crippen MR) is 79.2 cm³/mol. The summed E-state index contributed by atoms with van der Waals surface area (Å²) in [5, 5.41) is 13.4. The maximum Gasteiger partial charge on any atom is 0.286 e. The van der Waals surface area contributed by atoms with Crippen molar-refractivity contribution in [2.45, 2.75) is 13.5 Å². The number of hydrogen-bond acceptors (Lipinski definition) is 5. The molecule has 116 valence electrons. The lowest BCUT2D eigenvalue weighted by Crippen LogP contribution is -2.21. The lowest BCUT2D eigenvalue weighted by atomic mass is 10.3. The topological polar surface area (TPSA) is 94.6 Å². The minimum atomic E-state index is -0.541. The van der Waals surface area contributed by atoms with Gasteiger partial charge in [-0.1, -0.05) is 11.6 Å². The molecule has 0 aliphatic carbocycles. The van der Waals surface area contributed by atoms with E-state index >= 15 is 0 Å². The molecule has 0 saturated heterocycles. The van der Waals surface area contributed by atoms with Gasteiger partial charge in [-0.3, -0.25) is 14.9 Å². The van der Waals surface area contributed by atoms with Crippen molar-refractivity contribution in [3.05, 3.63) is 57.0 Å². The van der Waals surface area contributed by atoms with Crippen LogP contribution in [0.3, 0.4) is 0 Å². The molecule has 1 aromatic heterocycles. The Morgan fingerprint density at radius 1 is 1.41 bits per heavy atom. The molecule has 2 rings (SSSR count). The first-order valence-corrected chi connectivity index (χ1v) is 6.82. The molecule has 0 spiro atoms. The number of halogens is 1. The molecule has 1 amide bonds. The number of nitrogens with zero attached hydrogens (tertiary/aromatic N) is 1. The number of rotatable bonds is 6. The molecular weight excluding hydrogens is 312 g/mol. The first-order valence-electron chi connectivity index (χ1n) is 6.45. The first-order chi connectivity index (χ1) is 10.5. The number of non-ortho nitro benzene ring substituents is 1. The summed E-state index contributed by atoms with van der Waals surface area (Å²) in [4.78, 5) is 21.6. The summed E-state index contributed by atoms with van der Waals surface area (Å²) in [5.41, 5.74) is -0.117. The van der Waals surface area contributed by atoms with E-state index in [1.165, 1.54) is 18.2 Å². The highest BCUT2D eigenvalue weighted by atomic mass is 35.5. The number of nitrogens with one attached hydrogen (secondary N) is 1. The first kappa shape index (κ1) is 15.8. The van der Waals surface area contributed by atoms with Gasteiger partial charge in [0.1, 0.15) is 18.1 Å². The van der Waals surface area contributed by atoms with Gasteiger partial charge in [0.05, 0.1) is 9.95 Å². The number of furan rings is 1. The summed E-state index contributed by atoms with van der Waals surface area (Å²) in [6.45, 7) is 2.36. The van der Waals surface area contributed by atoms with Crippen molar-refractivity contribution < 1.29 is 18.9 Å². The van der Waals surface area contributed by atoms with Crippen molar-refractivity contribution in [2.24, 2.45) is 0 Å². The van der Waals surface area contributed by atoms with Crippen molar-refractivity contribution in [3.8, 4) is 5.75 Å². The average Bonchev–Trinajstić information content (AvgIpc) is 2.95. The van der Waals surface area contributed by atoms with Crippen molar-refractivity contribution in [2.75, 3.05) is 6.54 Å². The molecular formula is C14H13ClN2O5. The quantitative estimate of drug-likeness (QED) is 0.650. The van der Waals surface area contributed by atoms with E-state index in [2.05, 4.69) is 5.32 Å². The van der Waals surface area contributed by atoms with Crippen LogP contribution in [0.1, 0.15) is 23.2 Å². The molecule has 0 aliphatic heterocycles. The lowest BCUT2D eigenvalue weighted by Gasteiger charge is -2.06. The lowest BCUT2D eigenvalue weighted by molar-refractivity contribution is -0.384. The Balaban J connectivity index is 2.01. The van der Waals surface area contributed by atoms with Gasteiger partial charge in [-0.05, 0) is 25.1 Å². The average molecular weight is 325 g/mol. The monoisotopic (exact) mass is 324 g/mol. The van der Waals surface area contributed by atoms with Crippen LogP contribution in [-0.2, 0) is 6.61 Å². The van der Waals surface area contributed by atoms with E-state index in [-0.39, 0.29) is 29.0 Å². The number of nitro groups is 1. The largest absolute Gasteiger partial charge is 0.484 e. The van der Waals surface area contributed by atoms with Crippen LogP contribution in [0, 0.1) is 10.1 Å². The van der Waals surface area contributed by atoms with Gasteiger partial charge >= 0.3 is 0 Å². The molecule has 0 radical (unpaired) electrons. The number of amides is 1. The molecule has 0 atom stereocenters. The van der Waals surface area contributed by atoms with Crippen LogP contribution in [0.5, 0.6) is 5.75 Å². The second kappa shape index (κ2) is 6.95. The van der Waals surface area contributed by atoms with E-state index in [4.69, 9.17) is 20.8 Å². The van der Waals surface area contributed by atoms with E-state index < -0.39 is 4.92 Å². The van der Waals surface area contributed by atoms with E-state index in [0.29, 0.717) is 18.1 Å². The third kappa shape index (κ3) is 3.76. The highest BCUT2D eigenvalue weighted by Gasteiger charge is 2.13. The van der Waals surface area contributed by atoms with Gasteiger partial charge in [0, 0.05) is 18.7 Å². The van der Waals surface area contributed by atoms with Crippen LogP contribution in [-0.4, -0.2) is 17.4 Å². The minimum absolute atomic E-state index is 0.0525. The number of nitro benzene ring substituents is 1. The maximum absolute atomic E-state index is 11.6. The van der Waals surface area contributed by atoms with E-state index in [0.717, 1.165) is 0 Å². The van der Waals surface area contributed by atoms with Crippen LogP contribution < -0.4 is 10.1 Å². The Labute approximate surface area is 131 Å². The summed E-state index contributed by atoms with van der Waals surface area (Å²) in [7, 11) is 0. The Morgan fingerprint density at radius 3 is 2.82 bits per heavy atom. The highest BCUT2D eigenvalue weighted by molar-refractivity contribution is 6.32. The van der Waals surface area contributed by atoms with Crippen LogP contribution in [0.2, 0.25) is 5.02 Å². The number of carbonyl (C=O) groups excluding carboxylic acids is 1. The molecule has 7 nitrogen and oxygen atoms in total. The minimum Gasteiger partial charge on any atom is -0.484 e. The fraction of sp³-hybridized carbons (Fsp3) is 0.214. The van der Waals surface area contributed by atoms with Crippen molar-refractivity contribution >= 4 is 23.2 Å². The van der Waals surface area contributed by atoms with Gasteiger partial charge in [0.2, 0.25) is 0 Å². The molecule has 0 aliphatic rings. The SMILES string of the molecule is CCNC(=O)c1ccc(COc2ccc([N+](=O)[O-])cc2Cl)o1. The number of hydrogen-bond donors (Lipinski definition) is 1. The zero-order valence-corrected chi connectivity index (χ0v) is 12.4. The van der Waals surface area contributed by atoms with Crippen molar-refractivity contribution in [1.29, 1.82) is 0 Å². The second-order valence-electron chi connectivity index (χ2n) is 4.29. The van der Waals surface area contributed by atoms with Gasteiger partial charge in [0.15, 0.2) is 5.76 Å². The Morgan fingerprint density at radius 2 is 2.18 bits per heavy atom. The van der Waals surface area contributed by atoms with Crippen LogP contribution >= 0.6 is 11.6 Å². The summed E-state index contributed by atoms with van der Waals surface area (Å²) < 4.78 is 10.8. The third-order valence-electron chi connectivity index (χ3n) is 2.72. The zero-order valence-electron chi connectivity index (χ0n) is 11.7. The number of ether oxygens (including phenoxy) is 1. The maximum atomic E-state index is 11.6. The van der Waals surface area contributed by atoms with E-state index in [9.17, 15) is 14.9 Å². The molecule has 2 aromatic rings. The molecule has 22 heavy (non-hydrogen) atoms. The van der Waals surface area contributed by atoms with Gasteiger partial charge < -0.3 is 14.5 Å². The van der Waals surface area contributed by atoms with E-state index in [1.807, 2.05) is 0 Å². The summed E-state index contributed by atoms with van der Waals surface area (Å²) >= 11 is 5.91. The second-order valence-corrected chi connectivity index (χ2v) is 4.69. The van der Waals surface area contributed by atoms with Crippen LogP contribution in [0.4, 0.5) is 5.69 Å². The fourth-order valence-corrected chi connectivity index (χ4v) is 1.92. The molecule has 0 saturated carbocycles. The van der Waals surface area contributed by atoms with E-state index in [1.54, 1.807) is 19.1 Å². The van der Waals surface area contributed by atoms with Gasteiger partial charge in [-0.15, -0.1) is 0 Å². The highest BCUT2D eigenvalue weighted by Crippen LogP contribution is 2.29. The van der Waals surface area contributed by atoms with Gasteiger partial charge in [0.25, 0.3) is 11.6 Å². The Bertz CT molecular complexity index is 698.